The van der Waals surface area contributed by atoms with Gasteiger partial charge in [0.1, 0.15) is 11.9 Å². The molecular weight excluding hydrogens is 269 g/mol. The molecule has 1 fully saturated rings. The molecule has 104 valence electrons. The molecule has 0 saturated carbocycles. The zero-order valence-electron chi connectivity index (χ0n) is 10.6. The number of benzene rings is 1. The minimum absolute atomic E-state index is 0.252. The SMILES string of the molecule is O=C(O)C1CCCCCN1Cc1c(F)cccc1Cl. The van der Waals surface area contributed by atoms with Crippen molar-refractivity contribution in [2.75, 3.05) is 6.54 Å². The van der Waals surface area contributed by atoms with E-state index in [1.165, 1.54) is 6.07 Å². The zero-order valence-corrected chi connectivity index (χ0v) is 11.4. The molecular formula is C14H17ClFNO2. The first-order valence-corrected chi connectivity index (χ1v) is 6.87. The fraction of sp³-hybridized carbons (Fsp3) is 0.500. The Hall–Kier alpha value is -1.13. The second-order valence-electron chi connectivity index (χ2n) is 4.87. The molecule has 1 heterocycles. The van der Waals surface area contributed by atoms with E-state index in [-0.39, 0.29) is 12.4 Å². The highest BCUT2D eigenvalue weighted by molar-refractivity contribution is 6.31. The van der Waals surface area contributed by atoms with Crippen molar-refractivity contribution in [3.8, 4) is 0 Å². The normalized spacial score (nSPS) is 21.1. The van der Waals surface area contributed by atoms with Gasteiger partial charge < -0.3 is 5.11 Å². The summed E-state index contributed by atoms with van der Waals surface area (Å²) < 4.78 is 13.8. The van der Waals surface area contributed by atoms with E-state index in [0.717, 1.165) is 19.3 Å². The number of carbonyl (C=O) groups is 1. The van der Waals surface area contributed by atoms with Crippen LogP contribution in [0, 0.1) is 5.82 Å². The number of nitrogens with zero attached hydrogens (tertiary/aromatic N) is 1. The van der Waals surface area contributed by atoms with Crippen molar-refractivity contribution >= 4 is 17.6 Å². The maximum absolute atomic E-state index is 13.8. The molecule has 1 saturated heterocycles. The Bertz CT molecular complexity index is 447. The van der Waals surface area contributed by atoms with Gasteiger partial charge in [-0.3, -0.25) is 9.69 Å². The first-order valence-electron chi connectivity index (χ1n) is 6.49. The molecule has 3 nitrogen and oxygen atoms in total. The van der Waals surface area contributed by atoms with Crippen LogP contribution in [0.25, 0.3) is 0 Å². The first-order chi connectivity index (χ1) is 9.09. The van der Waals surface area contributed by atoms with Crippen LogP contribution in [0.4, 0.5) is 4.39 Å². The second-order valence-corrected chi connectivity index (χ2v) is 5.28. The van der Waals surface area contributed by atoms with Gasteiger partial charge in [-0.2, -0.15) is 0 Å². The number of rotatable bonds is 3. The van der Waals surface area contributed by atoms with Gasteiger partial charge in [-0.15, -0.1) is 0 Å². The van der Waals surface area contributed by atoms with E-state index in [0.29, 0.717) is 23.6 Å². The van der Waals surface area contributed by atoms with Crippen LogP contribution >= 0.6 is 11.6 Å². The van der Waals surface area contributed by atoms with Crippen molar-refractivity contribution in [2.24, 2.45) is 0 Å². The number of hydrogen-bond donors (Lipinski definition) is 1. The molecule has 1 aromatic carbocycles. The van der Waals surface area contributed by atoms with Crippen molar-refractivity contribution in [3.05, 3.63) is 34.6 Å². The van der Waals surface area contributed by atoms with E-state index < -0.39 is 12.0 Å². The third-order valence-corrected chi connectivity index (χ3v) is 3.93. The summed E-state index contributed by atoms with van der Waals surface area (Å²) in [6, 6.07) is 4.00. The molecule has 1 atom stereocenters. The number of carboxylic acid groups (broad SMARTS) is 1. The molecule has 1 unspecified atom stereocenters. The van der Waals surface area contributed by atoms with Crippen molar-refractivity contribution in [1.29, 1.82) is 0 Å². The number of likely N-dealkylation sites (tertiary alicyclic amines) is 1. The van der Waals surface area contributed by atoms with E-state index in [1.54, 1.807) is 12.1 Å². The standard InChI is InChI=1S/C14H17ClFNO2/c15-11-5-4-6-12(16)10(11)9-17-8-3-1-2-7-13(17)14(18)19/h4-6,13H,1-3,7-9H2,(H,18,19). The molecule has 1 aliphatic rings. The van der Waals surface area contributed by atoms with Gasteiger partial charge in [0.2, 0.25) is 0 Å². The number of carboxylic acids is 1. The Balaban J connectivity index is 2.21. The minimum atomic E-state index is -0.839. The largest absolute Gasteiger partial charge is 0.480 e. The minimum Gasteiger partial charge on any atom is -0.480 e. The monoisotopic (exact) mass is 285 g/mol. The van der Waals surface area contributed by atoms with E-state index >= 15 is 0 Å². The van der Waals surface area contributed by atoms with Gasteiger partial charge >= 0.3 is 5.97 Å². The maximum Gasteiger partial charge on any atom is 0.320 e. The highest BCUT2D eigenvalue weighted by atomic mass is 35.5. The molecule has 1 aliphatic heterocycles. The van der Waals surface area contributed by atoms with Gasteiger partial charge in [0.15, 0.2) is 0 Å². The molecule has 0 bridgehead atoms. The second kappa shape index (κ2) is 6.35. The van der Waals surface area contributed by atoms with Gasteiger partial charge in [-0.05, 0) is 31.5 Å². The molecule has 1 N–H and O–H groups in total. The molecule has 0 amide bonds. The van der Waals surface area contributed by atoms with Crippen molar-refractivity contribution in [3.63, 3.8) is 0 Å². The van der Waals surface area contributed by atoms with Gasteiger partial charge in [0.05, 0.1) is 0 Å². The predicted octanol–water partition coefficient (Wildman–Crippen LogP) is 3.31. The lowest BCUT2D eigenvalue weighted by Crippen LogP contribution is -2.40. The number of halogens is 2. The molecule has 0 spiro atoms. The molecule has 2 rings (SSSR count). The first kappa shape index (κ1) is 14.3. The van der Waals surface area contributed by atoms with Gasteiger partial charge in [0, 0.05) is 17.1 Å². The van der Waals surface area contributed by atoms with Crippen LogP contribution in [-0.4, -0.2) is 28.6 Å². The Morgan fingerprint density at radius 2 is 2.21 bits per heavy atom. The van der Waals surface area contributed by atoms with Crippen molar-refractivity contribution in [1.82, 2.24) is 4.90 Å². The fourth-order valence-electron chi connectivity index (χ4n) is 2.52. The quantitative estimate of drug-likeness (QED) is 0.926. The highest BCUT2D eigenvalue weighted by Crippen LogP contribution is 2.25. The van der Waals surface area contributed by atoms with Gasteiger partial charge in [0.25, 0.3) is 0 Å². The van der Waals surface area contributed by atoms with Crippen molar-refractivity contribution in [2.45, 2.75) is 38.3 Å². The Labute approximate surface area is 117 Å². The summed E-state index contributed by atoms with van der Waals surface area (Å²) in [5.74, 6) is -1.21. The lowest BCUT2D eigenvalue weighted by molar-refractivity contribution is -0.143. The van der Waals surface area contributed by atoms with Crippen LogP contribution in [0.1, 0.15) is 31.2 Å². The molecule has 0 radical (unpaired) electrons. The summed E-state index contributed by atoms with van der Waals surface area (Å²) in [5, 5.41) is 9.64. The van der Waals surface area contributed by atoms with Crippen molar-refractivity contribution < 1.29 is 14.3 Å². The summed E-state index contributed by atoms with van der Waals surface area (Å²) in [6.45, 7) is 0.921. The Kier molecular flexibility index (Phi) is 4.77. The van der Waals surface area contributed by atoms with Gasteiger partial charge in [-0.25, -0.2) is 4.39 Å². The zero-order chi connectivity index (χ0) is 13.8. The topological polar surface area (TPSA) is 40.5 Å². The molecule has 19 heavy (non-hydrogen) atoms. The average molecular weight is 286 g/mol. The predicted molar refractivity (Wildman–Crippen MR) is 71.7 cm³/mol. The molecule has 0 aliphatic carbocycles. The number of hydrogen-bond acceptors (Lipinski definition) is 2. The Morgan fingerprint density at radius 3 is 2.89 bits per heavy atom. The van der Waals surface area contributed by atoms with Crippen LogP contribution in [0.15, 0.2) is 18.2 Å². The fourth-order valence-corrected chi connectivity index (χ4v) is 2.75. The summed E-state index contributed by atoms with van der Waals surface area (Å²) in [6.07, 6.45) is 3.47. The summed E-state index contributed by atoms with van der Waals surface area (Å²) in [4.78, 5) is 13.1. The third-order valence-electron chi connectivity index (χ3n) is 3.57. The van der Waals surface area contributed by atoms with E-state index in [1.807, 2.05) is 4.90 Å². The summed E-state index contributed by atoms with van der Waals surface area (Å²) in [7, 11) is 0. The van der Waals surface area contributed by atoms with Crippen LogP contribution in [0.2, 0.25) is 5.02 Å². The van der Waals surface area contributed by atoms with E-state index in [4.69, 9.17) is 11.6 Å². The van der Waals surface area contributed by atoms with E-state index in [9.17, 15) is 14.3 Å². The summed E-state index contributed by atoms with van der Waals surface area (Å²) in [5.41, 5.74) is 0.386. The molecule has 1 aromatic rings. The Morgan fingerprint density at radius 1 is 1.42 bits per heavy atom. The van der Waals surface area contributed by atoms with Gasteiger partial charge in [-0.1, -0.05) is 30.5 Å². The molecule has 5 heteroatoms. The highest BCUT2D eigenvalue weighted by Gasteiger charge is 2.28. The summed E-state index contributed by atoms with van der Waals surface area (Å²) >= 11 is 6.00. The van der Waals surface area contributed by atoms with Crippen LogP contribution in [-0.2, 0) is 11.3 Å². The third kappa shape index (κ3) is 3.45. The lowest BCUT2D eigenvalue weighted by Gasteiger charge is -2.27. The van der Waals surface area contributed by atoms with Crippen LogP contribution in [0.3, 0.4) is 0 Å². The number of aliphatic carboxylic acids is 1. The van der Waals surface area contributed by atoms with Crippen LogP contribution < -0.4 is 0 Å². The smallest absolute Gasteiger partial charge is 0.320 e. The maximum atomic E-state index is 13.8. The average Bonchev–Trinajstić information content (AvgIpc) is 2.59. The lowest BCUT2D eigenvalue weighted by atomic mass is 10.1. The van der Waals surface area contributed by atoms with E-state index in [2.05, 4.69) is 0 Å². The van der Waals surface area contributed by atoms with Crippen LogP contribution in [0.5, 0.6) is 0 Å². The molecule has 0 aromatic heterocycles.